The molecule has 0 rings (SSSR count). The molecule has 0 aliphatic carbocycles. The average Bonchev–Trinajstić information content (AvgIpc) is 1.54. The van der Waals surface area contributed by atoms with Gasteiger partial charge in [-0.15, -0.1) is 0 Å². The highest BCUT2D eigenvalue weighted by atomic mass is 32.3. The van der Waals surface area contributed by atoms with Crippen molar-refractivity contribution >= 4 is 33.1 Å². The van der Waals surface area contributed by atoms with Crippen molar-refractivity contribution in [2.75, 3.05) is 11.5 Å². The standard InChI is InChI=1S/C2H6O3S2.H2O4S/c3-7(4,5)2-1-6;1-5(2,3)4/h6H,1-2H2,(H,3,4,5);(H2,1,2,3,4). The Labute approximate surface area is 75.5 Å². The third kappa shape index (κ3) is 49.5. The van der Waals surface area contributed by atoms with Crippen LogP contribution in [0.3, 0.4) is 0 Å². The summed E-state index contributed by atoms with van der Waals surface area (Å²) in [6.45, 7) is 0. The maximum absolute atomic E-state index is 9.74. The summed E-state index contributed by atoms with van der Waals surface area (Å²) in [5.74, 6) is -0.102. The molecule has 0 aliphatic rings. The van der Waals surface area contributed by atoms with E-state index in [0.717, 1.165) is 0 Å². The molecular formula is C2H8O7S3. The summed E-state index contributed by atoms with van der Waals surface area (Å²) in [6.07, 6.45) is 0. The van der Waals surface area contributed by atoms with Gasteiger partial charge in [0.05, 0.1) is 5.75 Å². The van der Waals surface area contributed by atoms with Crippen molar-refractivity contribution in [2.45, 2.75) is 0 Å². The van der Waals surface area contributed by atoms with E-state index in [1.807, 2.05) is 0 Å². The third-order valence-corrected chi connectivity index (χ3v) is 1.60. The van der Waals surface area contributed by atoms with Crippen LogP contribution < -0.4 is 0 Å². The highest BCUT2D eigenvalue weighted by molar-refractivity contribution is 7.87. The number of thiol groups is 1. The molecule has 3 N–H and O–H groups in total. The highest BCUT2D eigenvalue weighted by Crippen LogP contribution is 1.81. The van der Waals surface area contributed by atoms with Crippen LogP contribution in [0.4, 0.5) is 0 Å². The van der Waals surface area contributed by atoms with Crippen LogP contribution in [0.15, 0.2) is 0 Å². The lowest BCUT2D eigenvalue weighted by molar-refractivity contribution is 0.381. The average molecular weight is 240 g/mol. The Morgan fingerprint density at radius 3 is 1.25 bits per heavy atom. The molecule has 0 heterocycles. The van der Waals surface area contributed by atoms with E-state index in [0.29, 0.717) is 0 Å². The van der Waals surface area contributed by atoms with Crippen molar-refractivity contribution in [1.29, 1.82) is 0 Å². The van der Waals surface area contributed by atoms with Crippen LogP contribution in [0, 0.1) is 0 Å². The van der Waals surface area contributed by atoms with E-state index in [1.54, 1.807) is 0 Å². The van der Waals surface area contributed by atoms with Crippen molar-refractivity contribution in [1.82, 2.24) is 0 Å². The second-order valence-electron chi connectivity index (χ2n) is 1.46. The fourth-order valence-electron chi connectivity index (χ4n) is 0.115. The fraction of sp³-hybridized carbons (Fsp3) is 1.00. The summed E-state index contributed by atoms with van der Waals surface area (Å²) in [5, 5.41) is 0. The minimum absolute atomic E-state index is 0.166. The van der Waals surface area contributed by atoms with Gasteiger partial charge in [-0.25, -0.2) is 0 Å². The molecule has 0 bridgehead atoms. The van der Waals surface area contributed by atoms with Gasteiger partial charge in [-0.1, -0.05) is 0 Å². The third-order valence-electron chi connectivity index (χ3n) is 0.349. The summed E-state index contributed by atoms with van der Waals surface area (Å²) in [6, 6.07) is 0. The van der Waals surface area contributed by atoms with E-state index in [9.17, 15) is 8.42 Å². The lowest BCUT2D eigenvalue weighted by Crippen LogP contribution is -2.03. The van der Waals surface area contributed by atoms with Gasteiger partial charge in [-0.05, 0) is 0 Å². The molecule has 76 valence electrons. The molecule has 0 fully saturated rings. The molecule has 0 saturated heterocycles. The number of hydrogen-bond donors (Lipinski definition) is 4. The minimum Gasteiger partial charge on any atom is -0.286 e. The van der Waals surface area contributed by atoms with Gasteiger partial charge in [0.25, 0.3) is 10.1 Å². The van der Waals surface area contributed by atoms with Gasteiger partial charge in [0.15, 0.2) is 0 Å². The largest absolute Gasteiger partial charge is 0.394 e. The Hall–Kier alpha value is 0.130. The van der Waals surface area contributed by atoms with Gasteiger partial charge in [-0.3, -0.25) is 13.7 Å². The predicted octanol–water partition coefficient (Wildman–Crippen LogP) is -0.849. The van der Waals surface area contributed by atoms with Crippen molar-refractivity contribution in [2.24, 2.45) is 0 Å². The first kappa shape index (κ1) is 14.6. The first-order valence-corrected chi connectivity index (χ1v) is 5.96. The molecule has 7 nitrogen and oxygen atoms in total. The Bertz CT molecular complexity index is 277. The SMILES string of the molecule is O=S(=O)(O)CCS.O=S(=O)(O)O. The first-order valence-electron chi connectivity index (χ1n) is 2.32. The lowest BCUT2D eigenvalue weighted by atomic mass is 11.0. The molecule has 0 saturated carbocycles. The highest BCUT2D eigenvalue weighted by Gasteiger charge is 1.98. The van der Waals surface area contributed by atoms with Crippen LogP contribution in [-0.2, 0) is 20.5 Å². The lowest BCUT2D eigenvalue weighted by Gasteiger charge is -1.85. The number of hydrogen-bond acceptors (Lipinski definition) is 5. The summed E-state index contributed by atoms with van der Waals surface area (Å²) in [4.78, 5) is 0. The smallest absolute Gasteiger partial charge is 0.286 e. The zero-order valence-electron chi connectivity index (χ0n) is 5.65. The minimum atomic E-state index is -4.67. The molecule has 0 aliphatic heterocycles. The van der Waals surface area contributed by atoms with E-state index in [4.69, 9.17) is 22.1 Å². The molecule has 0 aromatic heterocycles. The summed E-state index contributed by atoms with van der Waals surface area (Å²) >= 11 is 3.57. The number of rotatable bonds is 2. The van der Waals surface area contributed by atoms with Crippen LogP contribution in [0.2, 0.25) is 0 Å². The molecule has 0 aromatic rings. The molecule has 10 heteroatoms. The van der Waals surface area contributed by atoms with Crippen LogP contribution >= 0.6 is 12.6 Å². The maximum Gasteiger partial charge on any atom is 0.394 e. The van der Waals surface area contributed by atoms with Gasteiger partial charge in [0, 0.05) is 5.75 Å². The monoisotopic (exact) mass is 240 g/mol. The van der Waals surface area contributed by atoms with Crippen LogP contribution in [-0.4, -0.2) is 42.0 Å². The summed E-state index contributed by atoms with van der Waals surface area (Å²) in [7, 11) is -8.42. The molecule has 12 heavy (non-hydrogen) atoms. The van der Waals surface area contributed by atoms with Gasteiger partial charge in [0.1, 0.15) is 0 Å². The Morgan fingerprint density at radius 2 is 1.25 bits per heavy atom. The van der Waals surface area contributed by atoms with E-state index < -0.39 is 20.5 Å². The summed E-state index contributed by atoms with van der Waals surface area (Å²) < 4.78 is 59.0. The van der Waals surface area contributed by atoms with Gasteiger partial charge >= 0.3 is 10.4 Å². The van der Waals surface area contributed by atoms with Crippen LogP contribution in [0.1, 0.15) is 0 Å². The van der Waals surface area contributed by atoms with Crippen molar-refractivity contribution in [3.8, 4) is 0 Å². The quantitative estimate of drug-likeness (QED) is 0.365. The van der Waals surface area contributed by atoms with E-state index >= 15 is 0 Å². The molecule has 0 unspecified atom stereocenters. The molecule has 0 amide bonds. The normalized spacial score (nSPS) is 11.7. The van der Waals surface area contributed by atoms with E-state index in [2.05, 4.69) is 12.6 Å². The van der Waals surface area contributed by atoms with E-state index in [-0.39, 0.29) is 11.5 Å². The van der Waals surface area contributed by atoms with Gasteiger partial charge < -0.3 is 0 Å². The Kier molecular flexibility index (Phi) is 6.98. The topological polar surface area (TPSA) is 129 Å². The van der Waals surface area contributed by atoms with Crippen molar-refractivity contribution < 1.29 is 30.5 Å². The molecule has 0 atom stereocenters. The molecule has 0 spiro atoms. The van der Waals surface area contributed by atoms with Crippen molar-refractivity contribution in [3.05, 3.63) is 0 Å². The Balaban J connectivity index is 0. The molecule has 0 aromatic carbocycles. The Morgan fingerprint density at radius 1 is 1.00 bits per heavy atom. The maximum atomic E-state index is 9.74. The fourth-order valence-corrected chi connectivity index (χ4v) is 1.04. The zero-order valence-corrected chi connectivity index (χ0v) is 8.18. The zero-order chi connectivity index (χ0) is 10.4. The molecule has 0 radical (unpaired) electrons. The van der Waals surface area contributed by atoms with Crippen molar-refractivity contribution in [3.63, 3.8) is 0 Å². The first-order chi connectivity index (χ1) is 5.06. The predicted molar refractivity (Wildman–Crippen MR) is 44.4 cm³/mol. The summed E-state index contributed by atoms with van der Waals surface area (Å²) in [5.41, 5.74) is 0. The van der Waals surface area contributed by atoms with Gasteiger partial charge in [-0.2, -0.15) is 29.5 Å². The second-order valence-corrected chi connectivity index (χ2v) is 4.37. The van der Waals surface area contributed by atoms with Crippen LogP contribution in [0.25, 0.3) is 0 Å². The van der Waals surface area contributed by atoms with E-state index in [1.165, 1.54) is 0 Å². The second kappa shape index (κ2) is 5.72. The van der Waals surface area contributed by atoms with Gasteiger partial charge in [0.2, 0.25) is 0 Å². The van der Waals surface area contributed by atoms with Crippen LogP contribution in [0.5, 0.6) is 0 Å². The molecular weight excluding hydrogens is 232 g/mol.